The highest BCUT2D eigenvalue weighted by atomic mass is 28.2. The number of ketones is 1. The molecule has 2 fully saturated rings. The van der Waals surface area contributed by atoms with Crippen molar-refractivity contribution in [1.82, 2.24) is 0 Å². The molecule has 2 rings (SSSR count). The van der Waals surface area contributed by atoms with E-state index in [1.54, 1.807) is 0 Å². The van der Waals surface area contributed by atoms with Crippen LogP contribution in [0.3, 0.4) is 0 Å². The highest BCUT2D eigenvalue weighted by molar-refractivity contribution is 6.38. The second kappa shape index (κ2) is 6.13. The Bertz CT molecular complexity index is 248. The van der Waals surface area contributed by atoms with Gasteiger partial charge in [-0.1, -0.05) is 0 Å². The summed E-state index contributed by atoms with van der Waals surface area (Å²) in [5.41, 5.74) is 0. The van der Waals surface area contributed by atoms with E-state index >= 15 is 0 Å². The molecule has 0 amide bonds. The topological polar surface area (TPSA) is 35.5 Å². The molecule has 98 valence electrons. The summed E-state index contributed by atoms with van der Waals surface area (Å²) in [5.74, 6) is 0.276. The fourth-order valence-corrected chi connectivity index (χ4v) is 5.46. The summed E-state index contributed by atoms with van der Waals surface area (Å²) in [4.78, 5) is 12.6. The first-order chi connectivity index (χ1) is 7.57. The Morgan fingerprint density at radius 2 is 1.29 bits per heavy atom. The van der Waals surface area contributed by atoms with Crippen molar-refractivity contribution in [2.75, 3.05) is 13.2 Å². The molecule has 0 aromatic carbocycles. The van der Waals surface area contributed by atoms with Gasteiger partial charge in [-0.15, -0.1) is 0 Å². The zero-order chi connectivity index (χ0) is 11.6. The van der Waals surface area contributed by atoms with E-state index in [4.69, 9.17) is 9.47 Å². The lowest BCUT2D eigenvalue weighted by Crippen LogP contribution is -2.58. The molecule has 3 nitrogen and oxygen atoms in total. The Morgan fingerprint density at radius 1 is 0.882 bits per heavy atom. The lowest BCUT2D eigenvalue weighted by molar-refractivity contribution is -0.158. The Morgan fingerprint density at radius 3 is 1.59 bits per heavy atom. The predicted molar refractivity (Wildman–Crippen MR) is 79.9 cm³/mol. The number of carbonyl (C=O) groups is 1. The maximum Gasteiger partial charge on any atom is 0.187 e. The van der Waals surface area contributed by atoms with Gasteiger partial charge in [-0.2, -0.15) is 0 Å². The minimum absolute atomic E-state index is 0. The lowest BCUT2D eigenvalue weighted by atomic mass is 9.95. The van der Waals surface area contributed by atoms with Crippen LogP contribution in [0.25, 0.3) is 0 Å². The second-order valence-corrected chi connectivity index (χ2v) is 8.63. The maximum absolute atomic E-state index is 12.6. The van der Waals surface area contributed by atoms with Crippen molar-refractivity contribution in [1.29, 1.82) is 0 Å². The minimum atomic E-state index is -0.433. The average Bonchev–Trinajstić information content (AvgIpc) is 2.30. The molecule has 2 heterocycles. The molecule has 2 unspecified atom stereocenters. The number of Topliss-reactive ketones (excluding diaryl/α,β-unsaturated/α-hetero) is 1. The summed E-state index contributed by atoms with van der Waals surface area (Å²) in [6.07, 6.45) is 6.31. The Hall–Kier alpha value is 0.556. The van der Waals surface area contributed by atoms with Crippen LogP contribution in [0.4, 0.5) is 0 Å². The van der Waals surface area contributed by atoms with Crippen molar-refractivity contribution < 1.29 is 14.3 Å². The van der Waals surface area contributed by atoms with Crippen LogP contribution in [0.15, 0.2) is 0 Å². The van der Waals surface area contributed by atoms with Crippen LogP contribution in [0, 0.1) is 0 Å². The number of hydrogen-bond acceptors (Lipinski definition) is 3. The van der Waals surface area contributed by atoms with Crippen molar-refractivity contribution in [2.45, 2.75) is 49.0 Å². The predicted octanol–water partition coefficient (Wildman–Crippen LogP) is -2.10. The van der Waals surface area contributed by atoms with Gasteiger partial charge >= 0.3 is 0 Å². The van der Waals surface area contributed by atoms with Gasteiger partial charge in [0.05, 0.1) is 20.5 Å². The first kappa shape index (κ1) is 15.6. The lowest BCUT2D eigenvalue weighted by Gasteiger charge is -2.41. The first-order valence-corrected chi connectivity index (χ1v) is 8.40. The molecular formula is C11H25AlO3Si2. The number of hydrogen-bond donors (Lipinski definition) is 0. The van der Waals surface area contributed by atoms with Gasteiger partial charge in [0, 0.05) is 13.2 Å². The minimum Gasteiger partial charge on any atom is -0.372 e. The van der Waals surface area contributed by atoms with Crippen molar-refractivity contribution in [3.05, 3.63) is 0 Å². The third-order valence-electron chi connectivity index (χ3n) is 3.90. The quantitative estimate of drug-likeness (QED) is 0.546. The molecule has 0 aliphatic carbocycles. The van der Waals surface area contributed by atoms with E-state index in [9.17, 15) is 4.79 Å². The summed E-state index contributed by atoms with van der Waals surface area (Å²) >= 11 is 0. The van der Waals surface area contributed by atoms with Crippen LogP contribution in [0.1, 0.15) is 38.5 Å². The van der Waals surface area contributed by atoms with Crippen molar-refractivity contribution in [3.8, 4) is 0 Å². The van der Waals surface area contributed by atoms with E-state index < -0.39 is 10.4 Å². The van der Waals surface area contributed by atoms with Gasteiger partial charge in [0.1, 0.15) is 10.4 Å². The smallest absolute Gasteiger partial charge is 0.187 e. The summed E-state index contributed by atoms with van der Waals surface area (Å²) in [5, 5.41) is -0.866. The van der Waals surface area contributed by atoms with E-state index in [0.717, 1.165) is 72.2 Å². The largest absolute Gasteiger partial charge is 0.372 e. The molecule has 0 spiro atoms. The fourth-order valence-electron chi connectivity index (χ4n) is 2.79. The molecule has 2 aliphatic heterocycles. The molecule has 0 saturated carbocycles. The van der Waals surface area contributed by atoms with Gasteiger partial charge in [-0.3, -0.25) is 4.79 Å². The third-order valence-corrected chi connectivity index (χ3v) is 6.38. The van der Waals surface area contributed by atoms with Crippen molar-refractivity contribution in [2.24, 2.45) is 0 Å². The molecular weight excluding hydrogens is 263 g/mol. The molecule has 0 bridgehead atoms. The second-order valence-electron chi connectivity index (χ2n) is 5.40. The molecule has 2 atom stereocenters. The van der Waals surface area contributed by atoms with Crippen LogP contribution in [0.2, 0.25) is 0 Å². The first-order valence-electron chi connectivity index (χ1n) is 6.40. The number of rotatable bonds is 2. The summed E-state index contributed by atoms with van der Waals surface area (Å²) < 4.78 is 11.6. The van der Waals surface area contributed by atoms with E-state index in [2.05, 4.69) is 0 Å². The SMILES string of the molecule is O=C(C1([SiH3])CCCCO1)C1([SiH3])CCCCO1.[AlH3]. The van der Waals surface area contributed by atoms with Gasteiger partial charge in [0.15, 0.2) is 23.1 Å². The highest BCUT2D eigenvalue weighted by Gasteiger charge is 2.47. The van der Waals surface area contributed by atoms with Gasteiger partial charge < -0.3 is 9.47 Å². The van der Waals surface area contributed by atoms with Crippen LogP contribution < -0.4 is 0 Å². The zero-order valence-electron chi connectivity index (χ0n) is 10.4. The number of ether oxygens (including phenoxy) is 2. The van der Waals surface area contributed by atoms with Crippen molar-refractivity contribution >= 4 is 43.6 Å². The standard InChI is InChI=1S/C11H22O3Si2.Al.3H/c12-9(10(15)5-1-3-7-13-10)11(16)6-2-4-8-14-11;;;;/h1-8H2,15-16H3;;;;. The molecule has 0 N–H and O–H groups in total. The van der Waals surface area contributed by atoms with Crippen LogP contribution in [-0.4, -0.2) is 67.3 Å². The van der Waals surface area contributed by atoms with E-state index in [1.165, 1.54) is 0 Å². The Kier molecular flexibility index (Phi) is 5.63. The van der Waals surface area contributed by atoms with Gasteiger partial charge in [0.25, 0.3) is 0 Å². The van der Waals surface area contributed by atoms with Crippen LogP contribution in [0.5, 0.6) is 0 Å². The average molecular weight is 288 g/mol. The van der Waals surface area contributed by atoms with E-state index in [1.807, 2.05) is 0 Å². The Balaban J connectivity index is 0.00000144. The number of carbonyl (C=O) groups excluding carboxylic acids is 1. The Labute approximate surface area is 120 Å². The molecule has 2 aliphatic rings. The monoisotopic (exact) mass is 288 g/mol. The maximum atomic E-state index is 12.6. The van der Waals surface area contributed by atoms with Crippen LogP contribution in [-0.2, 0) is 14.3 Å². The molecule has 0 radical (unpaired) electrons. The highest BCUT2D eigenvalue weighted by Crippen LogP contribution is 2.32. The van der Waals surface area contributed by atoms with Crippen molar-refractivity contribution in [3.63, 3.8) is 0 Å². The van der Waals surface area contributed by atoms with E-state index in [0.29, 0.717) is 0 Å². The van der Waals surface area contributed by atoms with Gasteiger partial charge in [0.2, 0.25) is 0 Å². The molecule has 0 aromatic rings. The molecule has 17 heavy (non-hydrogen) atoms. The summed E-state index contributed by atoms with van der Waals surface area (Å²) in [6.45, 7) is 1.51. The van der Waals surface area contributed by atoms with Crippen LogP contribution >= 0.6 is 0 Å². The summed E-state index contributed by atoms with van der Waals surface area (Å²) in [6, 6.07) is 0. The molecule has 2 saturated heterocycles. The third kappa shape index (κ3) is 3.31. The van der Waals surface area contributed by atoms with Gasteiger partial charge in [-0.05, 0) is 38.5 Å². The van der Waals surface area contributed by atoms with Gasteiger partial charge in [-0.25, -0.2) is 0 Å². The molecule has 0 aromatic heterocycles. The fraction of sp³-hybridized carbons (Fsp3) is 0.909. The normalized spacial score (nSPS) is 38.6. The van der Waals surface area contributed by atoms with E-state index in [-0.39, 0.29) is 23.1 Å². The molecule has 6 heteroatoms. The zero-order valence-corrected chi connectivity index (χ0v) is 14.4. The summed E-state index contributed by atoms with van der Waals surface area (Å²) in [7, 11) is 1.60.